The summed E-state index contributed by atoms with van der Waals surface area (Å²) >= 11 is 0. The molecule has 0 unspecified atom stereocenters. The Kier molecular flexibility index (Phi) is 4.99. The standard InChI is InChI=1S/C13H21N3/c1-5-9-16(4)13-8-7-12(10-14-6-2)11(3)15-13/h5,7-8,14H,1,6,9-10H2,2-4H3. The van der Waals surface area contributed by atoms with Gasteiger partial charge in [-0.25, -0.2) is 4.98 Å². The molecule has 0 aliphatic carbocycles. The van der Waals surface area contributed by atoms with Gasteiger partial charge in [-0.3, -0.25) is 0 Å². The molecule has 0 bridgehead atoms. The first-order valence-electron chi connectivity index (χ1n) is 5.68. The second-order valence-corrected chi connectivity index (χ2v) is 3.86. The van der Waals surface area contributed by atoms with Gasteiger partial charge in [0.1, 0.15) is 5.82 Å². The highest BCUT2D eigenvalue weighted by Crippen LogP contribution is 2.13. The van der Waals surface area contributed by atoms with Crippen molar-refractivity contribution in [1.82, 2.24) is 10.3 Å². The van der Waals surface area contributed by atoms with Crippen LogP contribution in [0.1, 0.15) is 18.2 Å². The lowest BCUT2D eigenvalue weighted by Gasteiger charge is -2.17. The number of hydrogen-bond donors (Lipinski definition) is 1. The molecule has 1 aromatic heterocycles. The van der Waals surface area contributed by atoms with Crippen molar-refractivity contribution in [3.63, 3.8) is 0 Å². The van der Waals surface area contributed by atoms with Crippen LogP contribution in [0.3, 0.4) is 0 Å². The number of rotatable bonds is 6. The fourth-order valence-electron chi connectivity index (χ4n) is 1.52. The van der Waals surface area contributed by atoms with Crippen molar-refractivity contribution in [3.8, 4) is 0 Å². The molecule has 0 spiro atoms. The zero-order valence-electron chi connectivity index (χ0n) is 10.5. The van der Waals surface area contributed by atoms with E-state index in [2.05, 4.69) is 47.8 Å². The SMILES string of the molecule is C=CCN(C)c1ccc(CNCC)c(C)n1. The highest BCUT2D eigenvalue weighted by Gasteiger charge is 2.04. The van der Waals surface area contributed by atoms with Crippen LogP contribution in [0.2, 0.25) is 0 Å². The number of nitrogens with one attached hydrogen (secondary N) is 1. The van der Waals surface area contributed by atoms with Crippen LogP contribution in [0.4, 0.5) is 5.82 Å². The Labute approximate surface area is 98.2 Å². The van der Waals surface area contributed by atoms with Gasteiger partial charge in [0, 0.05) is 25.8 Å². The minimum absolute atomic E-state index is 0.818. The Balaban J connectivity index is 2.77. The van der Waals surface area contributed by atoms with Crippen LogP contribution in [0.5, 0.6) is 0 Å². The van der Waals surface area contributed by atoms with Gasteiger partial charge in [-0.05, 0) is 25.1 Å². The molecule has 1 N–H and O–H groups in total. The third-order valence-corrected chi connectivity index (χ3v) is 2.54. The Hall–Kier alpha value is -1.35. The molecular formula is C13H21N3. The smallest absolute Gasteiger partial charge is 0.128 e. The molecule has 0 radical (unpaired) electrons. The van der Waals surface area contributed by atoms with E-state index in [1.54, 1.807) is 0 Å². The molecule has 0 atom stereocenters. The molecule has 0 saturated heterocycles. The van der Waals surface area contributed by atoms with E-state index in [0.29, 0.717) is 0 Å². The van der Waals surface area contributed by atoms with Gasteiger partial charge in [0.05, 0.1) is 0 Å². The van der Waals surface area contributed by atoms with Gasteiger partial charge in [-0.1, -0.05) is 19.1 Å². The lowest BCUT2D eigenvalue weighted by Crippen LogP contribution is -2.19. The number of aromatic nitrogens is 1. The molecule has 1 aromatic rings. The molecule has 88 valence electrons. The Morgan fingerprint density at radius 2 is 2.25 bits per heavy atom. The van der Waals surface area contributed by atoms with Crippen molar-refractivity contribution in [2.24, 2.45) is 0 Å². The average Bonchev–Trinajstić information content (AvgIpc) is 2.27. The third-order valence-electron chi connectivity index (χ3n) is 2.54. The number of hydrogen-bond acceptors (Lipinski definition) is 3. The summed E-state index contributed by atoms with van der Waals surface area (Å²) < 4.78 is 0. The Morgan fingerprint density at radius 1 is 1.50 bits per heavy atom. The fraction of sp³-hybridized carbons (Fsp3) is 0.462. The minimum Gasteiger partial charge on any atom is -0.356 e. The van der Waals surface area contributed by atoms with Crippen molar-refractivity contribution in [3.05, 3.63) is 36.0 Å². The summed E-state index contributed by atoms with van der Waals surface area (Å²) in [5.41, 5.74) is 2.35. The molecule has 0 fully saturated rings. The van der Waals surface area contributed by atoms with E-state index < -0.39 is 0 Å². The molecule has 0 aliphatic rings. The predicted octanol–water partition coefficient (Wildman–Crippen LogP) is 2.12. The van der Waals surface area contributed by atoms with Gasteiger partial charge in [0.2, 0.25) is 0 Å². The normalized spacial score (nSPS) is 10.2. The fourth-order valence-corrected chi connectivity index (χ4v) is 1.52. The first-order valence-corrected chi connectivity index (χ1v) is 5.68. The molecule has 0 aliphatic heterocycles. The molecular weight excluding hydrogens is 198 g/mol. The molecule has 1 heterocycles. The first kappa shape index (κ1) is 12.7. The van der Waals surface area contributed by atoms with E-state index in [9.17, 15) is 0 Å². The largest absolute Gasteiger partial charge is 0.356 e. The predicted molar refractivity (Wildman–Crippen MR) is 69.8 cm³/mol. The summed E-state index contributed by atoms with van der Waals surface area (Å²) in [6, 6.07) is 4.20. The van der Waals surface area contributed by atoms with E-state index in [4.69, 9.17) is 0 Å². The van der Waals surface area contributed by atoms with E-state index >= 15 is 0 Å². The molecule has 3 heteroatoms. The van der Waals surface area contributed by atoms with Crippen molar-refractivity contribution in [1.29, 1.82) is 0 Å². The van der Waals surface area contributed by atoms with Crippen LogP contribution < -0.4 is 10.2 Å². The van der Waals surface area contributed by atoms with E-state index in [0.717, 1.165) is 31.1 Å². The number of likely N-dealkylation sites (N-methyl/N-ethyl adjacent to an activating group) is 1. The van der Waals surface area contributed by atoms with Gasteiger partial charge in [-0.15, -0.1) is 6.58 Å². The minimum atomic E-state index is 0.818. The van der Waals surface area contributed by atoms with Crippen LogP contribution >= 0.6 is 0 Å². The third kappa shape index (κ3) is 3.35. The molecule has 0 aromatic carbocycles. The zero-order valence-corrected chi connectivity index (χ0v) is 10.5. The van der Waals surface area contributed by atoms with Gasteiger partial charge >= 0.3 is 0 Å². The van der Waals surface area contributed by atoms with Crippen LogP contribution in [-0.4, -0.2) is 25.1 Å². The molecule has 0 amide bonds. The number of anilines is 1. The number of nitrogens with zero attached hydrogens (tertiary/aromatic N) is 2. The highest BCUT2D eigenvalue weighted by atomic mass is 15.2. The lowest BCUT2D eigenvalue weighted by atomic mass is 10.2. The number of aryl methyl sites for hydroxylation is 1. The summed E-state index contributed by atoms with van der Waals surface area (Å²) in [7, 11) is 2.02. The summed E-state index contributed by atoms with van der Waals surface area (Å²) in [4.78, 5) is 6.66. The molecule has 1 rings (SSSR count). The van der Waals surface area contributed by atoms with Gasteiger partial charge in [0.25, 0.3) is 0 Å². The Bertz CT molecular complexity index is 347. The molecule has 16 heavy (non-hydrogen) atoms. The Morgan fingerprint density at radius 3 is 2.81 bits per heavy atom. The van der Waals surface area contributed by atoms with Gasteiger partial charge in [-0.2, -0.15) is 0 Å². The van der Waals surface area contributed by atoms with Gasteiger partial charge in [0.15, 0.2) is 0 Å². The van der Waals surface area contributed by atoms with Crippen molar-refractivity contribution in [2.75, 3.05) is 25.0 Å². The van der Waals surface area contributed by atoms with Crippen LogP contribution in [-0.2, 0) is 6.54 Å². The van der Waals surface area contributed by atoms with Gasteiger partial charge < -0.3 is 10.2 Å². The van der Waals surface area contributed by atoms with Crippen molar-refractivity contribution in [2.45, 2.75) is 20.4 Å². The van der Waals surface area contributed by atoms with E-state index in [1.807, 2.05) is 13.1 Å². The first-order chi connectivity index (χ1) is 7.69. The zero-order chi connectivity index (χ0) is 12.0. The maximum Gasteiger partial charge on any atom is 0.128 e. The summed E-state index contributed by atoms with van der Waals surface area (Å²) in [5.74, 6) is 0.998. The molecule has 0 saturated carbocycles. The van der Waals surface area contributed by atoms with Crippen LogP contribution in [0.15, 0.2) is 24.8 Å². The highest BCUT2D eigenvalue weighted by molar-refractivity contribution is 5.41. The van der Waals surface area contributed by atoms with E-state index in [1.165, 1.54) is 5.56 Å². The van der Waals surface area contributed by atoms with Crippen LogP contribution in [0.25, 0.3) is 0 Å². The summed E-state index contributed by atoms with van der Waals surface area (Å²) in [6.45, 7) is 10.6. The van der Waals surface area contributed by atoms with E-state index in [-0.39, 0.29) is 0 Å². The van der Waals surface area contributed by atoms with Crippen molar-refractivity contribution < 1.29 is 0 Å². The lowest BCUT2D eigenvalue weighted by molar-refractivity contribution is 0.719. The van der Waals surface area contributed by atoms with Crippen molar-refractivity contribution >= 4 is 5.82 Å². The summed E-state index contributed by atoms with van der Waals surface area (Å²) in [5, 5.41) is 3.31. The maximum atomic E-state index is 4.58. The molecule has 3 nitrogen and oxygen atoms in total. The quantitative estimate of drug-likeness (QED) is 0.743. The number of pyridine rings is 1. The second kappa shape index (κ2) is 6.28. The monoisotopic (exact) mass is 219 g/mol. The maximum absolute atomic E-state index is 4.58. The summed E-state index contributed by atoms with van der Waals surface area (Å²) in [6.07, 6.45) is 1.88. The average molecular weight is 219 g/mol. The topological polar surface area (TPSA) is 28.2 Å². The van der Waals surface area contributed by atoms with Crippen LogP contribution in [0, 0.1) is 6.92 Å². The second-order valence-electron chi connectivity index (χ2n) is 3.86.